The topological polar surface area (TPSA) is 109 Å². The zero-order chi connectivity index (χ0) is 13.4. The molecule has 0 saturated carbocycles. The van der Waals surface area contributed by atoms with Gasteiger partial charge < -0.3 is 16.4 Å². The van der Waals surface area contributed by atoms with Gasteiger partial charge in [-0.2, -0.15) is 10.4 Å². The molecule has 0 spiro atoms. The van der Waals surface area contributed by atoms with Crippen LogP contribution in [0.15, 0.2) is 12.4 Å². The van der Waals surface area contributed by atoms with E-state index in [2.05, 4.69) is 21.1 Å². The molecular weight excluding hydrogens is 242 g/mol. The molecule has 7 nitrogen and oxygen atoms in total. The van der Waals surface area contributed by atoms with Crippen LogP contribution in [0.25, 0.3) is 5.52 Å². The highest BCUT2D eigenvalue weighted by molar-refractivity contribution is 5.84. The van der Waals surface area contributed by atoms with Crippen LogP contribution in [0.1, 0.15) is 18.5 Å². The Labute approximate surface area is 110 Å². The third-order valence-corrected chi connectivity index (χ3v) is 3.48. The quantitative estimate of drug-likeness (QED) is 0.750. The van der Waals surface area contributed by atoms with Crippen molar-refractivity contribution in [2.45, 2.75) is 18.9 Å². The van der Waals surface area contributed by atoms with Crippen LogP contribution < -0.4 is 16.4 Å². The van der Waals surface area contributed by atoms with Gasteiger partial charge in [-0.25, -0.2) is 9.50 Å². The van der Waals surface area contributed by atoms with Gasteiger partial charge >= 0.3 is 0 Å². The lowest BCUT2D eigenvalue weighted by molar-refractivity contribution is 0.507. The maximum atomic E-state index is 9.17. The second kappa shape index (κ2) is 4.40. The number of nitrogen functional groups attached to an aromatic ring is 1. The van der Waals surface area contributed by atoms with Crippen molar-refractivity contribution in [1.82, 2.24) is 14.6 Å². The largest absolute Gasteiger partial charge is 0.382 e. The number of hydrogen-bond donors (Lipinski definition) is 2. The summed E-state index contributed by atoms with van der Waals surface area (Å²) in [6, 6.07) is 4.08. The van der Waals surface area contributed by atoms with Crippen LogP contribution in [-0.4, -0.2) is 33.7 Å². The summed E-state index contributed by atoms with van der Waals surface area (Å²) in [5, 5.41) is 13.3. The number of piperidine rings is 1. The molecule has 1 aliphatic rings. The number of nitrogens with zero attached hydrogens (tertiary/aromatic N) is 5. The highest BCUT2D eigenvalue weighted by Crippen LogP contribution is 2.30. The summed E-state index contributed by atoms with van der Waals surface area (Å²) in [7, 11) is 0. The summed E-state index contributed by atoms with van der Waals surface area (Å²) in [5.41, 5.74) is 14.0. The minimum absolute atomic E-state index is 0.153. The number of rotatable bonds is 1. The smallest absolute Gasteiger partial charge is 0.153 e. The Bertz CT molecular complexity index is 654. The van der Waals surface area contributed by atoms with Gasteiger partial charge in [-0.3, -0.25) is 0 Å². The molecule has 1 aliphatic heterocycles. The van der Waals surface area contributed by atoms with Crippen LogP contribution in [0.5, 0.6) is 0 Å². The normalized spacial score (nSPS) is 19.6. The van der Waals surface area contributed by atoms with Gasteiger partial charge in [0.1, 0.15) is 23.6 Å². The maximum absolute atomic E-state index is 9.17. The summed E-state index contributed by atoms with van der Waals surface area (Å²) < 4.78 is 1.54. The number of hydrogen-bond acceptors (Lipinski definition) is 6. The predicted molar refractivity (Wildman–Crippen MR) is 71.5 cm³/mol. The molecule has 7 heteroatoms. The molecule has 1 saturated heterocycles. The van der Waals surface area contributed by atoms with E-state index in [4.69, 9.17) is 11.5 Å². The van der Waals surface area contributed by atoms with Crippen LogP contribution in [0.3, 0.4) is 0 Å². The lowest BCUT2D eigenvalue weighted by Crippen LogP contribution is -2.42. The highest BCUT2D eigenvalue weighted by Gasteiger charge is 2.22. The van der Waals surface area contributed by atoms with E-state index in [-0.39, 0.29) is 6.04 Å². The van der Waals surface area contributed by atoms with Gasteiger partial charge in [0, 0.05) is 25.2 Å². The Morgan fingerprint density at radius 1 is 1.47 bits per heavy atom. The second-order valence-corrected chi connectivity index (χ2v) is 4.78. The molecule has 0 amide bonds. The Morgan fingerprint density at radius 3 is 3.05 bits per heavy atom. The molecule has 0 bridgehead atoms. The Morgan fingerprint density at radius 2 is 2.32 bits per heavy atom. The Balaban J connectivity index is 2.16. The zero-order valence-corrected chi connectivity index (χ0v) is 10.5. The highest BCUT2D eigenvalue weighted by atomic mass is 15.3. The number of anilines is 2. The van der Waals surface area contributed by atoms with Crippen molar-refractivity contribution in [2.24, 2.45) is 5.73 Å². The van der Waals surface area contributed by atoms with Crippen LogP contribution >= 0.6 is 0 Å². The van der Waals surface area contributed by atoms with Crippen molar-refractivity contribution >= 4 is 17.0 Å². The maximum Gasteiger partial charge on any atom is 0.153 e. The van der Waals surface area contributed by atoms with Crippen LogP contribution in [0.4, 0.5) is 11.5 Å². The summed E-state index contributed by atoms with van der Waals surface area (Å²) in [4.78, 5) is 6.16. The fourth-order valence-electron chi connectivity index (χ4n) is 2.60. The van der Waals surface area contributed by atoms with Crippen molar-refractivity contribution in [1.29, 1.82) is 5.26 Å². The first-order valence-corrected chi connectivity index (χ1v) is 6.23. The van der Waals surface area contributed by atoms with E-state index in [9.17, 15) is 5.26 Å². The van der Waals surface area contributed by atoms with Crippen molar-refractivity contribution < 1.29 is 0 Å². The first kappa shape index (κ1) is 11.7. The molecular formula is C12H15N7. The van der Waals surface area contributed by atoms with Crippen LogP contribution in [-0.2, 0) is 0 Å². The monoisotopic (exact) mass is 257 g/mol. The van der Waals surface area contributed by atoms with E-state index in [1.165, 1.54) is 10.8 Å². The van der Waals surface area contributed by atoms with E-state index in [1.54, 1.807) is 6.07 Å². The fraction of sp³-hybridized carbons (Fsp3) is 0.417. The van der Waals surface area contributed by atoms with E-state index in [0.29, 0.717) is 17.0 Å². The first-order valence-electron chi connectivity index (χ1n) is 6.23. The molecule has 1 fully saturated rings. The molecule has 3 rings (SSSR count). The summed E-state index contributed by atoms with van der Waals surface area (Å²) in [6.07, 6.45) is 3.42. The van der Waals surface area contributed by atoms with E-state index in [0.717, 1.165) is 31.6 Å². The molecule has 0 aliphatic carbocycles. The molecule has 4 N–H and O–H groups in total. The van der Waals surface area contributed by atoms with Crippen molar-refractivity contribution in [3.8, 4) is 6.07 Å². The lowest BCUT2D eigenvalue weighted by Gasteiger charge is -2.32. The van der Waals surface area contributed by atoms with E-state index in [1.807, 2.05) is 0 Å². The molecule has 1 atom stereocenters. The lowest BCUT2D eigenvalue weighted by atomic mass is 10.1. The molecule has 0 radical (unpaired) electrons. The minimum atomic E-state index is 0.153. The third-order valence-electron chi connectivity index (χ3n) is 3.48. The Kier molecular flexibility index (Phi) is 2.72. The van der Waals surface area contributed by atoms with Crippen molar-refractivity contribution in [2.75, 3.05) is 23.7 Å². The molecule has 19 heavy (non-hydrogen) atoms. The summed E-state index contributed by atoms with van der Waals surface area (Å²) >= 11 is 0. The van der Waals surface area contributed by atoms with Crippen molar-refractivity contribution in [3.63, 3.8) is 0 Å². The summed E-state index contributed by atoms with van der Waals surface area (Å²) in [6.45, 7) is 1.67. The van der Waals surface area contributed by atoms with Gasteiger partial charge in [-0.05, 0) is 12.8 Å². The van der Waals surface area contributed by atoms with Crippen LogP contribution in [0, 0.1) is 11.3 Å². The summed E-state index contributed by atoms with van der Waals surface area (Å²) in [5.74, 6) is 0.380. The second-order valence-electron chi connectivity index (χ2n) is 4.78. The zero-order valence-electron chi connectivity index (χ0n) is 10.5. The molecule has 0 aromatic carbocycles. The fourth-order valence-corrected chi connectivity index (χ4v) is 2.60. The van der Waals surface area contributed by atoms with Crippen molar-refractivity contribution in [3.05, 3.63) is 18.1 Å². The molecule has 2 aromatic heterocycles. The standard InChI is InChI=1S/C12H15N7/c13-5-9-4-10(18-3-1-2-8(14)6-18)11-12(15)16-7-17-19(9)11/h4,7-8H,1-3,6,14H2,(H2,15,16,17)/t8-/m1/s1. The number of aromatic nitrogens is 3. The van der Waals surface area contributed by atoms with Gasteiger partial charge in [0.05, 0.1) is 5.69 Å². The SMILES string of the molecule is N#Cc1cc(N2CCC[C@@H](N)C2)c2c(N)ncnn12. The molecule has 0 unspecified atom stereocenters. The molecule has 98 valence electrons. The number of nitrogens with two attached hydrogens (primary N) is 2. The predicted octanol–water partition coefficient (Wildman–Crippen LogP) is 0.111. The van der Waals surface area contributed by atoms with E-state index >= 15 is 0 Å². The van der Waals surface area contributed by atoms with Gasteiger partial charge in [0.2, 0.25) is 0 Å². The average molecular weight is 257 g/mol. The molecule has 3 heterocycles. The number of nitriles is 1. The van der Waals surface area contributed by atoms with Gasteiger partial charge in [-0.15, -0.1) is 0 Å². The third kappa shape index (κ3) is 1.86. The first-order chi connectivity index (χ1) is 9.20. The van der Waals surface area contributed by atoms with Gasteiger partial charge in [0.15, 0.2) is 5.82 Å². The number of fused-ring (bicyclic) bond motifs is 1. The minimum Gasteiger partial charge on any atom is -0.382 e. The van der Waals surface area contributed by atoms with Gasteiger partial charge in [0.25, 0.3) is 0 Å². The average Bonchev–Trinajstić information content (AvgIpc) is 2.79. The van der Waals surface area contributed by atoms with E-state index < -0.39 is 0 Å². The van der Waals surface area contributed by atoms with Crippen LogP contribution in [0.2, 0.25) is 0 Å². The van der Waals surface area contributed by atoms with Gasteiger partial charge in [-0.1, -0.05) is 0 Å². The molecule has 2 aromatic rings. The Hall–Kier alpha value is -2.33.